The van der Waals surface area contributed by atoms with E-state index in [4.69, 9.17) is 19.2 Å². The van der Waals surface area contributed by atoms with E-state index in [1.165, 1.54) is 6.33 Å². The lowest BCUT2D eigenvalue weighted by molar-refractivity contribution is -0.145. The smallest absolute Gasteiger partial charge is 0.320 e. The molecule has 3 unspecified atom stereocenters. The Morgan fingerprint density at radius 3 is 2.71 bits per heavy atom. The third-order valence-corrected chi connectivity index (χ3v) is 7.39. The summed E-state index contributed by atoms with van der Waals surface area (Å²) in [5.41, 5.74) is 6.99. The molecule has 0 saturated carbocycles. The number of nitrogens with one attached hydrogen (secondary N) is 1. The molecule has 3 atom stereocenters. The molecule has 3 N–H and O–H groups in total. The van der Waals surface area contributed by atoms with Gasteiger partial charge in [-0.3, -0.25) is 9.88 Å². The van der Waals surface area contributed by atoms with Gasteiger partial charge in [-0.15, -0.1) is 0 Å². The molecule has 0 radical (unpaired) electrons. The Bertz CT molecular complexity index is 1100. The number of nitrogens with zero attached hydrogens (tertiary/aromatic N) is 4. The van der Waals surface area contributed by atoms with Gasteiger partial charge < -0.3 is 19.8 Å². The zero-order valence-corrected chi connectivity index (χ0v) is 21.0. The molecule has 13 heteroatoms. The minimum absolute atomic E-state index is 0.0452. The summed E-state index contributed by atoms with van der Waals surface area (Å²) in [6.07, 6.45) is 2.63. The Balaban J connectivity index is 1.48. The average Bonchev–Trinajstić information content (AvgIpc) is 3.20. The fourth-order valence-electron chi connectivity index (χ4n) is 2.96. The summed E-state index contributed by atoms with van der Waals surface area (Å²) in [5, 5.41) is 3.84. The SMILES string of the molecule is CC(C)OC(=O)CNP(OS(=O)CCOC(C)Cn1cnc2c(N)ncnc21)c1ccccc1. The van der Waals surface area contributed by atoms with Gasteiger partial charge in [-0.25, -0.2) is 23.1 Å². The van der Waals surface area contributed by atoms with E-state index in [1.54, 1.807) is 20.2 Å². The van der Waals surface area contributed by atoms with Gasteiger partial charge in [0.05, 0.1) is 44.0 Å². The van der Waals surface area contributed by atoms with E-state index < -0.39 is 25.3 Å². The fourth-order valence-corrected chi connectivity index (χ4v) is 5.61. The number of imidazole rings is 1. The predicted molar refractivity (Wildman–Crippen MR) is 131 cm³/mol. The molecule has 0 amide bonds. The van der Waals surface area contributed by atoms with Crippen molar-refractivity contribution >= 4 is 47.6 Å². The number of hydrogen-bond acceptors (Lipinski definition) is 10. The van der Waals surface area contributed by atoms with Crippen LogP contribution >= 0.6 is 8.30 Å². The van der Waals surface area contributed by atoms with Crippen molar-refractivity contribution in [2.45, 2.75) is 39.5 Å². The maximum absolute atomic E-state index is 12.6. The molecule has 34 heavy (non-hydrogen) atoms. The number of fused-ring (bicyclic) bond motifs is 1. The lowest BCUT2D eigenvalue weighted by atomic mass is 10.4. The second-order valence-corrected chi connectivity index (χ2v) is 10.6. The molecule has 3 rings (SSSR count). The number of esters is 1. The third-order valence-electron chi connectivity index (χ3n) is 4.42. The molecule has 0 spiro atoms. The van der Waals surface area contributed by atoms with Crippen LogP contribution < -0.4 is 16.1 Å². The second-order valence-electron chi connectivity index (χ2n) is 7.60. The highest BCUT2D eigenvalue weighted by molar-refractivity contribution is 7.86. The summed E-state index contributed by atoms with van der Waals surface area (Å²) in [5.74, 6) is 0.100. The molecule has 0 aliphatic rings. The molecule has 184 valence electrons. The van der Waals surface area contributed by atoms with Crippen LogP contribution in [-0.4, -0.2) is 60.8 Å². The third kappa shape index (κ3) is 7.78. The van der Waals surface area contributed by atoms with Gasteiger partial charge in [0.2, 0.25) is 0 Å². The summed E-state index contributed by atoms with van der Waals surface area (Å²) in [4.78, 5) is 24.3. The fraction of sp³-hybridized carbons (Fsp3) is 0.429. The number of benzene rings is 1. The topological polar surface area (TPSA) is 143 Å². The second kappa shape index (κ2) is 12.8. The summed E-state index contributed by atoms with van der Waals surface area (Å²) < 4.78 is 31.1. The highest BCUT2D eigenvalue weighted by Gasteiger charge is 2.19. The average molecular weight is 509 g/mol. The number of carbonyl (C=O) groups excluding carboxylic acids is 1. The molecule has 11 nitrogen and oxygen atoms in total. The normalized spacial score (nSPS) is 14.2. The van der Waals surface area contributed by atoms with Crippen molar-refractivity contribution in [2.24, 2.45) is 0 Å². The lowest BCUT2D eigenvalue weighted by Crippen LogP contribution is -2.27. The maximum atomic E-state index is 12.6. The summed E-state index contributed by atoms with van der Waals surface area (Å²) in [7, 11) is -1.49. The van der Waals surface area contributed by atoms with Crippen molar-refractivity contribution in [3.63, 3.8) is 0 Å². The Kier molecular flexibility index (Phi) is 9.85. The molecular formula is C21H29N6O5PS. The van der Waals surface area contributed by atoms with E-state index in [2.05, 4.69) is 20.0 Å². The van der Waals surface area contributed by atoms with Crippen molar-refractivity contribution < 1.29 is 22.4 Å². The quantitative estimate of drug-likeness (QED) is 0.258. The van der Waals surface area contributed by atoms with Gasteiger partial charge in [0.1, 0.15) is 11.8 Å². The number of anilines is 1. The molecule has 0 aliphatic heterocycles. The van der Waals surface area contributed by atoms with Gasteiger partial charge in [0, 0.05) is 5.30 Å². The van der Waals surface area contributed by atoms with E-state index >= 15 is 0 Å². The van der Waals surface area contributed by atoms with Crippen molar-refractivity contribution in [2.75, 3.05) is 24.6 Å². The summed E-state index contributed by atoms with van der Waals surface area (Å²) >= 11 is -1.62. The lowest BCUT2D eigenvalue weighted by Gasteiger charge is -2.19. The van der Waals surface area contributed by atoms with Crippen LogP contribution in [0.1, 0.15) is 20.8 Å². The molecular weight excluding hydrogens is 479 g/mol. The maximum Gasteiger partial charge on any atom is 0.320 e. The standard InChI is InChI=1S/C21H29N6O5PS/c1-15(2)31-18(28)11-26-33(17-7-5-4-6-8-17)32-34(29)10-9-30-16(3)12-27-14-25-19-20(22)23-13-24-21(19)27/h4-8,13-16,26H,9-12H2,1-3H3,(H2,22,23,24). The molecule has 0 fully saturated rings. The first-order valence-electron chi connectivity index (χ1n) is 10.7. The van der Waals surface area contributed by atoms with Gasteiger partial charge in [0.25, 0.3) is 0 Å². The molecule has 2 aromatic heterocycles. The van der Waals surface area contributed by atoms with E-state index in [1.807, 2.05) is 41.8 Å². The molecule has 1 aromatic carbocycles. The van der Waals surface area contributed by atoms with E-state index in [9.17, 15) is 9.00 Å². The predicted octanol–water partition coefficient (Wildman–Crippen LogP) is 1.67. The van der Waals surface area contributed by atoms with Crippen molar-refractivity contribution in [3.05, 3.63) is 43.0 Å². The summed E-state index contributed by atoms with van der Waals surface area (Å²) in [6, 6.07) is 9.30. The van der Waals surface area contributed by atoms with Crippen LogP contribution in [0.3, 0.4) is 0 Å². The molecule has 0 saturated heterocycles. The van der Waals surface area contributed by atoms with Gasteiger partial charge in [-0.2, -0.15) is 0 Å². The van der Waals surface area contributed by atoms with Crippen LogP contribution in [0.2, 0.25) is 0 Å². The van der Waals surface area contributed by atoms with Gasteiger partial charge in [-0.1, -0.05) is 30.3 Å². The number of rotatable bonds is 13. The molecule has 2 heterocycles. The Morgan fingerprint density at radius 2 is 1.97 bits per heavy atom. The minimum atomic E-state index is -1.62. The largest absolute Gasteiger partial charge is 0.462 e. The number of hydrogen-bond donors (Lipinski definition) is 2. The first kappa shape index (κ1) is 26.1. The first-order chi connectivity index (χ1) is 16.3. The molecule has 0 aliphatic carbocycles. The highest BCUT2D eigenvalue weighted by atomic mass is 32.2. The number of carbonyl (C=O) groups is 1. The number of aromatic nitrogens is 4. The van der Waals surface area contributed by atoms with E-state index in [0.29, 0.717) is 23.5 Å². The molecule has 0 bridgehead atoms. The van der Waals surface area contributed by atoms with E-state index in [-0.39, 0.29) is 31.1 Å². The van der Waals surface area contributed by atoms with Crippen LogP contribution in [0.15, 0.2) is 43.0 Å². The van der Waals surface area contributed by atoms with Crippen molar-refractivity contribution in [1.29, 1.82) is 0 Å². The zero-order valence-electron chi connectivity index (χ0n) is 19.3. The number of nitrogens with two attached hydrogens (primary N) is 1. The van der Waals surface area contributed by atoms with Crippen LogP contribution in [0, 0.1) is 0 Å². The van der Waals surface area contributed by atoms with E-state index in [0.717, 1.165) is 5.30 Å². The number of nitrogen functional groups attached to an aromatic ring is 1. The van der Waals surface area contributed by atoms with Crippen LogP contribution in [0.5, 0.6) is 0 Å². The highest BCUT2D eigenvalue weighted by Crippen LogP contribution is 2.32. The van der Waals surface area contributed by atoms with Crippen LogP contribution in [0.4, 0.5) is 5.82 Å². The Hall–Kier alpha value is -2.50. The monoisotopic (exact) mass is 508 g/mol. The van der Waals surface area contributed by atoms with Crippen LogP contribution in [0.25, 0.3) is 11.2 Å². The summed E-state index contributed by atoms with van der Waals surface area (Å²) in [6.45, 7) is 6.14. The Labute approximate surface area is 202 Å². The minimum Gasteiger partial charge on any atom is -0.462 e. The molecule has 3 aromatic rings. The van der Waals surface area contributed by atoms with Gasteiger partial charge in [0.15, 0.2) is 30.8 Å². The van der Waals surface area contributed by atoms with Crippen molar-refractivity contribution in [1.82, 2.24) is 24.6 Å². The Morgan fingerprint density at radius 1 is 1.21 bits per heavy atom. The first-order valence-corrected chi connectivity index (χ1v) is 13.2. The van der Waals surface area contributed by atoms with Crippen LogP contribution in [-0.2, 0) is 35.9 Å². The van der Waals surface area contributed by atoms with Gasteiger partial charge >= 0.3 is 5.97 Å². The van der Waals surface area contributed by atoms with Gasteiger partial charge in [-0.05, 0) is 20.8 Å². The number of ether oxygens (including phenoxy) is 2. The van der Waals surface area contributed by atoms with Crippen molar-refractivity contribution in [3.8, 4) is 0 Å². The zero-order chi connectivity index (χ0) is 24.5.